The van der Waals surface area contributed by atoms with Crippen molar-refractivity contribution in [1.29, 1.82) is 0 Å². The highest BCUT2D eigenvalue weighted by molar-refractivity contribution is 5.97. The van der Waals surface area contributed by atoms with Gasteiger partial charge in [0.25, 0.3) is 0 Å². The summed E-state index contributed by atoms with van der Waals surface area (Å²) in [4.78, 5) is 25.4. The molecule has 2 aromatic rings. The van der Waals surface area contributed by atoms with Crippen molar-refractivity contribution in [2.45, 2.75) is 68.3 Å². The third-order valence-corrected chi connectivity index (χ3v) is 7.23. The van der Waals surface area contributed by atoms with Crippen LogP contribution < -0.4 is 0 Å². The number of carbonyl (C=O) groups excluding carboxylic acids is 2. The highest BCUT2D eigenvalue weighted by Crippen LogP contribution is 2.32. The standard InChI is InChI=1S/C29H34O16/c1-12-22(37)23(38)24(39)29(42-12)45-27-25(40)28(41-11-19(35)14-4-6-16(32)18(34)9-14)43-20(10-30)26(27)44-21(36)7-3-13-2-5-15(31)17(33)8-13/h2-9,12,20,22-34,37-40H,10-11H2,1H3/t12-,20-,22+,23+,24-,25-,26-,27-,28-,29-/m1/s1. The maximum atomic E-state index is 12.8. The highest BCUT2D eigenvalue weighted by atomic mass is 16.7. The van der Waals surface area contributed by atoms with E-state index in [1.54, 1.807) is 0 Å². The van der Waals surface area contributed by atoms with Crippen molar-refractivity contribution in [2.75, 3.05) is 13.2 Å². The second-order valence-electron chi connectivity index (χ2n) is 10.4. The lowest BCUT2D eigenvalue weighted by Crippen LogP contribution is -2.65. The zero-order valence-electron chi connectivity index (χ0n) is 23.7. The van der Waals surface area contributed by atoms with Gasteiger partial charge >= 0.3 is 5.97 Å². The average molecular weight is 639 g/mol. The number of ketones is 1. The Morgan fingerprint density at radius 3 is 2.11 bits per heavy atom. The van der Waals surface area contributed by atoms with Crippen LogP contribution in [0.15, 0.2) is 42.5 Å². The van der Waals surface area contributed by atoms with E-state index in [0.29, 0.717) is 5.56 Å². The lowest BCUT2D eigenvalue weighted by atomic mass is 9.97. The number of phenols is 4. The van der Waals surface area contributed by atoms with Gasteiger partial charge in [-0.05, 0) is 48.9 Å². The minimum atomic E-state index is -1.88. The number of esters is 1. The summed E-state index contributed by atoms with van der Waals surface area (Å²) in [6.45, 7) is -0.172. The number of carbonyl (C=O) groups is 2. The zero-order chi connectivity index (χ0) is 33.0. The van der Waals surface area contributed by atoms with Crippen LogP contribution in [-0.2, 0) is 28.5 Å². The molecule has 2 aliphatic heterocycles. The Morgan fingerprint density at radius 2 is 1.47 bits per heavy atom. The number of ether oxygens (including phenoxy) is 5. The SMILES string of the molecule is C[C@H]1O[C@H](O[C@@H]2[C@@H](O)[C@H](OCC(=O)c3ccc(O)c(O)c3)O[C@H](CO)[C@H]2OC(=O)C=Cc2ccc(O)c(O)c2)[C@H](O)[C@@H](O)[C@H]1O. The van der Waals surface area contributed by atoms with Crippen molar-refractivity contribution in [3.8, 4) is 23.0 Å². The molecule has 2 aliphatic rings. The number of rotatable bonds is 10. The molecule has 0 unspecified atom stereocenters. The van der Waals surface area contributed by atoms with E-state index in [1.807, 2.05) is 0 Å². The first kappa shape index (κ1) is 34.0. The normalized spacial score (nSPS) is 32.0. The van der Waals surface area contributed by atoms with E-state index in [-0.39, 0.29) is 11.3 Å². The van der Waals surface area contributed by atoms with Crippen LogP contribution in [0.1, 0.15) is 22.8 Å². The third-order valence-electron chi connectivity index (χ3n) is 7.23. The molecule has 2 fully saturated rings. The molecule has 0 bridgehead atoms. The Labute approximate surface area is 255 Å². The third kappa shape index (κ3) is 7.88. The molecule has 2 aromatic carbocycles. The van der Waals surface area contributed by atoms with Crippen LogP contribution in [0.5, 0.6) is 23.0 Å². The van der Waals surface area contributed by atoms with E-state index in [4.69, 9.17) is 23.7 Å². The smallest absolute Gasteiger partial charge is 0.331 e. The van der Waals surface area contributed by atoms with Gasteiger partial charge in [-0.25, -0.2) is 4.79 Å². The van der Waals surface area contributed by atoms with E-state index in [2.05, 4.69) is 0 Å². The first-order chi connectivity index (χ1) is 21.3. The molecule has 0 aromatic heterocycles. The van der Waals surface area contributed by atoms with Crippen LogP contribution in [0.2, 0.25) is 0 Å². The molecule has 0 radical (unpaired) electrons. The van der Waals surface area contributed by atoms with Gasteiger partial charge in [0.05, 0.1) is 12.7 Å². The number of benzene rings is 2. The van der Waals surface area contributed by atoms with Crippen LogP contribution in [-0.4, -0.2) is 132 Å². The zero-order valence-corrected chi connectivity index (χ0v) is 23.7. The number of Topliss-reactive ketones (excluding diaryl/α,β-unsaturated/α-hetero) is 1. The van der Waals surface area contributed by atoms with Crippen molar-refractivity contribution >= 4 is 17.8 Å². The molecular formula is C29H34O16. The lowest BCUT2D eigenvalue weighted by molar-refractivity contribution is -0.356. The van der Waals surface area contributed by atoms with E-state index >= 15 is 0 Å². The number of aliphatic hydroxyl groups excluding tert-OH is 5. The molecule has 246 valence electrons. The predicted molar refractivity (Wildman–Crippen MR) is 148 cm³/mol. The minimum absolute atomic E-state index is 0.0529. The van der Waals surface area contributed by atoms with Crippen molar-refractivity contribution in [2.24, 2.45) is 0 Å². The second-order valence-corrected chi connectivity index (χ2v) is 10.4. The molecule has 4 rings (SSSR count). The summed E-state index contributed by atoms with van der Waals surface area (Å²) in [6.07, 6.45) is -13.9. The van der Waals surface area contributed by atoms with Gasteiger partial charge in [-0.1, -0.05) is 6.07 Å². The molecule has 9 N–H and O–H groups in total. The monoisotopic (exact) mass is 638 g/mol. The van der Waals surface area contributed by atoms with Gasteiger partial charge < -0.3 is 69.6 Å². The summed E-state index contributed by atoms with van der Waals surface area (Å²) < 4.78 is 27.7. The molecule has 45 heavy (non-hydrogen) atoms. The maximum Gasteiger partial charge on any atom is 0.331 e. The number of aliphatic hydroxyl groups is 5. The van der Waals surface area contributed by atoms with Gasteiger partial charge in [0.1, 0.15) is 43.2 Å². The molecule has 10 atom stereocenters. The molecule has 0 aliphatic carbocycles. The number of hydrogen-bond acceptors (Lipinski definition) is 16. The molecule has 0 saturated carbocycles. The first-order valence-corrected chi connectivity index (χ1v) is 13.7. The fraction of sp³-hybridized carbons (Fsp3) is 0.448. The van der Waals surface area contributed by atoms with Gasteiger partial charge in [-0.3, -0.25) is 4.79 Å². The van der Waals surface area contributed by atoms with Crippen LogP contribution in [0.4, 0.5) is 0 Å². The second kappa shape index (κ2) is 14.5. The summed E-state index contributed by atoms with van der Waals surface area (Å²) >= 11 is 0. The Kier molecular flexibility index (Phi) is 11.0. The van der Waals surface area contributed by atoms with Crippen molar-refractivity contribution in [3.63, 3.8) is 0 Å². The summed E-state index contributed by atoms with van der Waals surface area (Å²) in [5.74, 6) is -3.58. The average Bonchev–Trinajstić information content (AvgIpc) is 3.01. The van der Waals surface area contributed by atoms with Crippen LogP contribution >= 0.6 is 0 Å². The van der Waals surface area contributed by atoms with Crippen LogP contribution in [0, 0.1) is 0 Å². The Balaban J connectivity index is 1.55. The van der Waals surface area contributed by atoms with Crippen LogP contribution in [0.25, 0.3) is 6.08 Å². The van der Waals surface area contributed by atoms with E-state index in [1.165, 1.54) is 37.3 Å². The van der Waals surface area contributed by atoms with Crippen molar-refractivity contribution in [1.82, 2.24) is 0 Å². The quantitative estimate of drug-likeness (QED) is 0.0629. The number of hydrogen-bond donors (Lipinski definition) is 9. The molecular weight excluding hydrogens is 604 g/mol. The van der Waals surface area contributed by atoms with Gasteiger partial charge in [-0.15, -0.1) is 0 Å². The fourth-order valence-corrected chi connectivity index (χ4v) is 4.68. The van der Waals surface area contributed by atoms with Crippen molar-refractivity contribution < 1.29 is 79.2 Å². The molecule has 0 amide bonds. The fourth-order valence-electron chi connectivity index (χ4n) is 4.68. The van der Waals surface area contributed by atoms with E-state index in [9.17, 15) is 55.5 Å². The molecule has 2 heterocycles. The van der Waals surface area contributed by atoms with E-state index in [0.717, 1.165) is 18.2 Å². The summed E-state index contributed by atoms with van der Waals surface area (Å²) in [7, 11) is 0. The Morgan fingerprint density at radius 1 is 0.800 bits per heavy atom. The topological polar surface area (TPSA) is 262 Å². The van der Waals surface area contributed by atoms with E-state index < -0.39 is 104 Å². The highest BCUT2D eigenvalue weighted by Gasteiger charge is 2.52. The summed E-state index contributed by atoms with van der Waals surface area (Å²) in [6, 6.07) is 7.04. The van der Waals surface area contributed by atoms with Gasteiger partial charge in [0, 0.05) is 11.6 Å². The molecule has 0 spiro atoms. The van der Waals surface area contributed by atoms with Gasteiger partial charge in [-0.2, -0.15) is 0 Å². The van der Waals surface area contributed by atoms with Crippen molar-refractivity contribution in [3.05, 3.63) is 53.6 Å². The predicted octanol–water partition coefficient (Wildman–Crippen LogP) is -1.38. The Hall–Kier alpha value is -3.84. The lowest BCUT2D eigenvalue weighted by Gasteiger charge is -2.46. The number of aromatic hydroxyl groups is 4. The molecule has 16 heteroatoms. The number of phenolic OH excluding ortho intramolecular Hbond substituents is 4. The molecule has 16 nitrogen and oxygen atoms in total. The van der Waals surface area contributed by atoms with Gasteiger partial charge in [0.15, 0.2) is 47.5 Å². The summed E-state index contributed by atoms with van der Waals surface area (Å²) in [5.41, 5.74) is 0.247. The van der Waals surface area contributed by atoms with Crippen LogP contribution in [0.3, 0.4) is 0 Å². The largest absolute Gasteiger partial charge is 0.504 e. The summed E-state index contributed by atoms with van der Waals surface area (Å²) in [5, 5.41) is 90.4. The Bertz CT molecular complexity index is 1380. The van der Waals surface area contributed by atoms with Gasteiger partial charge in [0.2, 0.25) is 0 Å². The molecule has 2 saturated heterocycles. The first-order valence-electron chi connectivity index (χ1n) is 13.7. The minimum Gasteiger partial charge on any atom is -0.504 e. The maximum absolute atomic E-state index is 12.8.